The van der Waals surface area contributed by atoms with Crippen LogP contribution in [0.3, 0.4) is 0 Å². The lowest BCUT2D eigenvalue weighted by molar-refractivity contribution is 0.101. The van der Waals surface area contributed by atoms with Gasteiger partial charge in [0.15, 0.2) is 5.78 Å². The van der Waals surface area contributed by atoms with E-state index in [9.17, 15) is 4.79 Å². The number of aromatic nitrogens is 2. The number of hydrogen-bond donors (Lipinski definition) is 1. The first-order valence-corrected chi connectivity index (χ1v) is 5.80. The van der Waals surface area contributed by atoms with Gasteiger partial charge in [-0.25, -0.2) is 0 Å². The van der Waals surface area contributed by atoms with Crippen molar-refractivity contribution in [3.8, 4) is 5.75 Å². The Kier molecular flexibility index (Phi) is 5.11. The minimum absolute atomic E-state index is 0.0584. The predicted molar refractivity (Wildman–Crippen MR) is 70.7 cm³/mol. The van der Waals surface area contributed by atoms with Gasteiger partial charge in [-0.3, -0.25) is 9.48 Å². The molecule has 1 N–H and O–H groups in total. The number of rotatable bonds is 2. The molecule has 0 bridgehead atoms. The van der Waals surface area contributed by atoms with Gasteiger partial charge in [-0.2, -0.15) is 5.10 Å². The van der Waals surface area contributed by atoms with Crippen LogP contribution in [-0.2, 0) is 13.5 Å². The van der Waals surface area contributed by atoms with Gasteiger partial charge in [-0.1, -0.05) is 19.1 Å². The van der Waals surface area contributed by atoms with Crippen LogP contribution in [0.2, 0.25) is 0 Å². The van der Waals surface area contributed by atoms with Crippen LogP contribution in [0.4, 0.5) is 0 Å². The fourth-order valence-corrected chi connectivity index (χ4v) is 1.38. The molecule has 0 aliphatic heterocycles. The molecule has 2 aromatic rings. The van der Waals surface area contributed by atoms with E-state index in [0.29, 0.717) is 11.3 Å². The molecule has 0 aliphatic rings. The molecule has 1 aromatic heterocycles. The summed E-state index contributed by atoms with van der Waals surface area (Å²) in [7, 11) is 1.78. The summed E-state index contributed by atoms with van der Waals surface area (Å²) in [5.41, 5.74) is 1.84. The second kappa shape index (κ2) is 6.59. The molecular weight excluding hydrogens is 228 g/mol. The van der Waals surface area contributed by atoms with Crippen molar-refractivity contribution < 1.29 is 9.90 Å². The lowest BCUT2D eigenvalue weighted by atomic mass is 10.2. The highest BCUT2D eigenvalue weighted by atomic mass is 16.3. The van der Waals surface area contributed by atoms with Gasteiger partial charge in [0.05, 0.1) is 11.8 Å². The van der Waals surface area contributed by atoms with Gasteiger partial charge in [-0.05, 0) is 31.0 Å². The Morgan fingerprint density at radius 2 is 2.17 bits per heavy atom. The summed E-state index contributed by atoms with van der Waals surface area (Å²) < 4.78 is 1.61. The molecule has 0 spiro atoms. The van der Waals surface area contributed by atoms with Gasteiger partial charge in [0.1, 0.15) is 5.75 Å². The molecule has 0 fully saturated rings. The Hall–Kier alpha value is -2.10. The Bertz CT molecular complexity index is 518. The molecule has 1 heterocycles. The minimum Gasteiger partial charge on any atom is -0.508 e. The quantitative estimate of drug-likeness (QED) is 0.828. The summed E-state index contributed by atoms with van der Waals surface area (Å²) >= 11 is 0. The van der Waals surface area contributed by atoms with E-state index in [1.165, 1.54) is 12.5 Å². The molecule has 0 saturated carbocycles. The van der Waals surface area contributed by atoms with Crippen molar-refractivity contribution in [3.05, 3.63) is 47.8 Å². The van der Waals surface area contributed by atoms with Crippen LogP contribution >= 0.6 is 0 Å². The first-order chi connectivity index (χ1) is 8.52. The van der Waals surface area contributed by atoms with E-state index in [0.717, 1.165) is 6.42 Å². The van der Waals surface area contributed by atoms with Crippen molar-refractivity contribution in [1.82, 2.24) is 9.78 Å². The number of aromatic hydroxyl groups is 1. The number of phenolic OH excluding ortho intramolecular Hbond substituents is 1. The zero-order valence-corrected chi connectivity index (χ0v) is 10.9. The maximum Gasteiger partial charge on any atom is 0.162 e. The maximum absolute atomic E-state index is 10.6. The number of benzene rings is 1. The summed E-state index contributed by atoms with van der Waals surface area (Å²) in [6, 6.07) is 7.31. The molecule has 18 heavy (non-hydrogen) atoms. The standard InChI is InChI=1S/C8H10O.C6H8N2O/c1-2-7-4-3-5-8(9)6-7;1-5(9)6-3-7-8(2)4-6/h3-6,9H,2H2,1H3;3-4H,1-2H3. The van der Waals surface area contributed by atoms with Crippen LogP contribution in [0.5, 0.6) is 5.75 Å². The summed E-state index contributed by atoms with van der Waals surface area (Å²) in [6.07, 6.45) is 4.24. The molecule has 4 heteroatoms. The molecule has 0 aliphatic carbocycles. The fraction of sp³-hybridized carbons (Fsp3) is 0.286. The second-order valence-electron chi connectivity index (χ2n) is 3.98. The van der Waals surface area contributed by atoms with E-state index < -0.39 is 0 Å². The molecule has 4 nitrogen and oxygen atoms in total. The van der Waals surface area contributed by atoms with Gasteiger partial charge in [-0.15, -0.1) is 0 Å². The van der Waals surface area contributed by atoms with Crippen molar-refractivity contribution >= 4 is 5.78 Å². The third-order valence-electron chi connectivity index (χ3n) is 2.43. The number of ketones is 1. The third-order valence-corrected chi connectivity index (χ3v) is 2.43. The van der Waals surface area contributed by atoms with Gasteiger partial charge in [0, 0.05) is 13.2 Å². The molecule has 0 amide bonds. The minimum atomic E-state index is 0.0584. The van der Waals surface area contributed by atoms with Crippen molar-refractivity contribution in [2.24, 2.45) is 7.05 Å². The first-order valence-electron chi connectivity index (χ1n) is 5.80. The summed E-state index contributed by atoms with van der Waals surface area (Å²) in [5, 5.41) is 12.8. The highest BCUT2D eigenvalue weighted by Gasteiger charge is 1.98. The number of hydrogen-bond acceptors (Lipinski definition) is 3. The largest absolute Gasteiger partial charge is 0.508 e. The highest BCUT2D eigenvalue weighted by Crippen LogP contribution is 2.10. The number of phenols is 1. The monoisotopic (exact) mass is 246 g/mol. The third kappa shape index (κ3) is 4.41. The van der Waals surface area contributed by atoms with E-state index in [1.54, 1.807) is 36.3 Å². The highest BCUT2D eigenvalue weighted by molar-refractivity contribution is 5.93. The first kappa shape index (κ1) is 14.0. The van der Waals surface area contributed by atoms with E-state index in [4.69, 9.17) is 5.11 Å². The molecule has 0 radical (unpaired) electrons. The number of carbonyl (C=O) groups excluding carboxylic acids is 1. The van der Waals surface area contributed by atoms with Crippen LogP contribution in [0.15, 0.2) is 36.7 Å². The fourth-order valence-electron chi connectivity index (χ4n) is 1.38. The Morgan fingerprint density at radius 3 is 2.50 bits per heavy atom. The lowest BCUT2D eigenvalue weighted by Gasteiger charge is -1.94. The average Bonchev–Trinajstić information content (AvgIpc) is 2.77. The summed E-state index contributed by atoms with van der Waals surface area (Å²) in [6.45, 7) is 3.59. The van der Waals surface area contributed by atoms with Gasteiger partial charge in [0.25, 0.3) is 0 Å². The predicted octanol–water partition coefficient (Wildman–Crippen LogP) is 2.58. The topological polar surface area (TPSA) is 55.1 Å². The maximum atomic E-state index is 10.6. The zero-order chi connectivity index (χ0) is 13.5. The van der Waals surface area contributed by atoms with E-state index in [-0.39, 0.29) is 5.78 Å². The SMILES string of the molecule is CC(=O)c1cnn(C)c1.CCc1cccc(O)c1. The van der Waals surface area contributed by atoms with Crippen LogP contribution in [0, 0.1) is 0 Å². The normalized spacial score (nSPS) is 9.50. The van der Waals surface area contributed by atoms with Crippen LogP contribution in [-0.4, -0.2) is 20.7 Å². The average molecular weight is 246 g/mol. The lowest BCUT2D eigenvalue weighted by Crippen LogP contribution is -1.88. The number of carbonyl (C=O) groups is 1. The van der Waals surface area contributed by atoms with E-state index >= 15 is 0 Å². The number of Topliss-reactive ketones (excluding diaryl/α,β-unsaturated/α-hetero) is 1. The zero-order valence-electron chi connectivity index (χ0n) is 10.9. The Morgan fingerprint density at radius 1 is 1.44 bits per heavy atom. The molecule has 96 valence electrons. The van der Waals surface area contributed by atoms with E-state index in [1.807, 2.05) is 12.1 Å². The summed E-state index contributed by atoms with van der Waals surface area (Å²) in [4.78, 5) is 10.6. The van der Waals surface area contributed by atoms with Crippen LogP contribution in [0.1, 0.15) is 29.8 Å². The molecule has 0 atom stereocenters. The molecule has 2 rings (SSSR count). The van der Waals surface area contributed by atoms with Crippen molar-refractivity contribution in [2.45, 2.75) is 20.3 Å². The van der Waals surface area contributed by atoms with Gasteiger partial charge >= 0.3 is 0 Å². The molecule has 0 saturated heterocycles. The Balaban J connectivity index is 0.000000180. The van der Waals surface area contributed by atoms with Crippen LogP contribution < -0.4 is 0 Å². The second-order valence-corrected chi connectivity index (χ2v) is 3.98. The molecule has 0 unspecified atom stereocenters. The smallest absolute Gasteiger partial charge is 0.162 e. The van der Waals surface area contributed by atoms with Crippen molar-refractivity contribution in [1.29, 1.82) is 0 Å². The van der Waals surface area contributed by atoms with Crippen molar-refractivity contribution in [2.75, 3.05) is 0 Å². The van der Waals surface area contributed by atoms with E-state index in [2.05, 4.69) is 12.0 Å². The number of nitrogens with zero attached hydrogens (tertiary/aromatic N) is 2. The molecule has 1 aromatic carbocycles. The Labute approximate surface area is 107 Å². The van der Waals surface area contributed by atoms with Crippen LogP contribution in [0.25, 0.3) is 0 Å². The molecular formula is C14H18N2O2. The number of aryl methyl sites for hydroxylation is 2. The van der Waals surface area contributed by atoms with Crippen molar-refractivity contribution in [3.63, 3.8) is 0 Å². The van der Waals surface area contributed by atoms with Gasteiger partial charge < -0.3 is 5.11 Å². The van der Waals surface area contributed by atoms with Gasteiger partial charge in [0.2, 0.25) is 0 Å². The summed E-state index contributed by atoms with van der Waals surface area (Å²) in [5.74, 6) is 0.414.